The molecule has 2 saturated carbocycles. The maximum atomic E-state index is 14.0. The number of carbonyl (C=O) groups is 1. The van der Waals surface area contributed by atoms with Crippen molar-refractivity contribution in [3.05, 3.63) is 77.1 Å². The minimum atomic E-state index is -0.197. The third-order valence-corrected chi connectivity index (χ3v) is 6.60. The molecule has 0 saturated heterocycles. The molecule has 4 rings (SSSR count). The van der Waals surface area contributed by atoms with Gasteiger partial charge in [-0.15, -0.1) is 0 Å². The smallest absolute Gasteiger partial charge is 0.220 e. The normalized spacial score (nSPS) is 18.0. The first-order valence-corrected chi connectivity index (χ1v) is 11.3. The Bertz CT molecular complexity index is 938. The monoisotopic (exact) mass is 405 g/mol. The van der Waals surface area contributed by atoms with Crippen LogP contribution in [0.1, 0.15) is 80.5 Å². The Morgan fingerprint density at radius 1 is 1.20 bits per heavy atom. The first kappa shape index (κ1) is 20.8. The lowest BCUT2D eigenvalue weighted by Crippen LogP contribution is -2.35. The third kappa shape index (κ3) is 4.66. The summed E-state index contributed by atoms with van der Waals surface area (Å²) in [5.41, 5.74) is 5.28. The van der Waals surface area contributed by atoms with Crippen molar-refractivity contribution in [3.8, 4) is 0 Å². The van der Waals surface area contributed by atoms with Crippen LogP contribution in [0, 0.1) is 11.7 Å². The lowest BCUT2D eigenvalue weighted by Gasteiger charge is -2.20. The van der Waals surface area contributed by atoms with Crippen molar-refractivity contribution < 1.29 is 9.18 Å². The van der Waals surface area contributed by atoms with Gasteiger partial charge in [0.15, 0.2) is 0 Å². The first-order valence-electron chi connectivity index (χ1n) is 11.3. The summed E-state index contributed by atoms with van der Waals surface area (Å²) < 4.78 is 14.0. The van der Waals surface area contributed by atoms with E-state index >= 15 is 0 Å². The third-order valence-electron chi connectivity index (χ3n) is 6.60. The summed E-state index contributed by atoms with van der Waals surface area (Å²) in [6.07, 6.45) is 6.39. The van der Waals surface area contributed by atoms with Crippen LogP contribution < -0.4 is 5.32 Å². The molecule has 3 heteroatoms. The molecule has 2 aromatic carbocycles. The van der Waals surface area contributed by atoms with Gasteiger partial charge in [-0.1, -0.05) is 56.8 Å². The van der Waals surface area contributed by atoms with Gasteiger partial charge < -0.3 is 5.32 Å². The molecule has 2 aliphatic rings. The van der Waals surface area contributed by atoms with Crippen molar-refractivity contribution in [1.29, 1.82) is 0 Å². The van der Waals surface area contributed by atoms with E-state index in [1.54, 1.807) is 6.07 Å². The fourth-order valence-electron chi connectivity index (χ4n) is 4.38. The number of allylic oxidation sites excluding steroid dienone is 1. The summed E-state index contributed by atoms with van der Waals surface area (Å²) >= 11 is 0. The van der Waals surface area contributed by atoms with Gasteiger partial charge in [0.1, 0.15) is 5.82 Å². The van der Waals surface area contributed by atoms with E-state index in [1.807, 2.05) is 12.1 Å². The molecule has 158 valence electrons. The zero-order valence-electron chi connectivity index (χ0n) is 18.1. The quantitative estimate of drug-likeness (QED) is 0.507. The predicted molar refractivity (Wildman–Crippen MR) is 121 cm³/mol. The summed E-state index contributed by atoms with van der Waals surface area (Å²) in [5.74, 6) is 0.634. The molecule has 2 fully saturated rings. The van der Waals surface area contributed by atoms with E-state index in [1.165, 1.54) is 11.1 Å². The molecule has 2 aromatic rings. The summed E-state index contributed by atoms with van der Waals surface area (Å²) in [7, 11) is 0. The number of nitrogens with one attached hydrogen (secondary N) is 1. The average Bonchev–Trinajstić information content (AvgIpc) is 3.64. The summed E-state index contributed by atoms with van der Waals surface area (Å²) in [6, 6.07) is 13.9. The fraction of sp³-hybridized carbons (Fsp3) is 0.444. The van der Waals surface area contributed by atoms with E-state index in [0.29, 0.717) is 12.3 Å². The van der Waals surface area contributed by atoms with Crippen LogP contribution in [0.25, 0.3) is 5.57 Å². The summed E-state index contributed by atoms with van der Waals surface area (Å²) in [4.78, 5) is 12.7. The highest BCUT2D eigenvalue weighted by atomic mass is 19.1. The first-order chi connectivity index (χ1) is 14.4. The van der Waals surface area contributed by atoms with Crippen LogP contribution >= 0.6 is 0 Å². The van der Waals surface area contributed by atoms with Gasteiger partial charge >= 0.3 is 0 Å². The van der Waals surface area contributed by atoms with Gasteiger partial charge in [0.2, 0.25) is 5.91 Å². The van der Waals surface area contributed by atoms with Crippen LogP contribution in [0.5, 0.6) is 0 Å². The molecule has 0 aliphatic heterocycles. The highest BCUT2D eigenvalue weighted by Crippen LogP contribution is 2.46. The molecule has 0 aromatic heterocycles. The van der Waals surface area contributed by atoms with Crippen molar-refractivity contribution >= 4 is 11.5 Å². The second-order valence-corrected chi connectivity index (χ2v) is 9.31. The second-order valence-electron chi connectivity index (χ2n) is 9.31. The molecule has 2 aliphatic carbocycles. The summed E-state index contributed by atoms with van der Waals surface area (Å²) in [5, 5.41) is 3.29. The topological polar surface area (TPSA) is 29.1 Å². The van der Waals surface area contributed by atoms with E-state index in [4.69, 9.17) is 0 Å². The standard InChI is InChI=1S/C27H32FNO/c1-4-19(3)21-8-10-23(11-9-21)27(13-14-27)29-26(30)16-18(2)15-20-5-12-25(28)24(17-20)22-6-7-22/h5,8-12,17-18,22H,3-4,6-7,13-16H2,1-2H3,(H,29,30). The SMILES string of the molecule is C=C(CC)c1ccc(C2(NC(=O)CC(C)Cc3ccc(F)c(C4CC4)c3)CC2)cc1. The molecule has 1 atom stereocenters. The van der Waals surface area contributed by atoms with Gasteiger partial charge in [-0.3, -0.25) is 4.79 Å². The Morgan fingerprint density at radius 2 is 1.90 bits per heavy atom. The Labute approximate surface area is 179 Å². The molecule has 1 unspecified atom stereocenters. The number of hydrogen-bond acceptors (Lipinski definition) is 1. The molecule has 2 nitrogen and oxygen atoms in total. The molecule has 0 heterocycles. The molecule has 0 radical (unpaired) electrons. The minimum absolute atomic E-state index is 0.0872. The maximum Gasteiger partial charge on any atom is 0.220 e. The van der Waals surface area contributed by atoms with Crippen molar-refractivity contribution in [2.24, 2.45) is 5.92 Å². The van der Waals surface area contributed by atoms with E-state index in [-0.39, 0.29) is 23.2 Å². The van der Waals surface area contributed by atoms with E-state index in [2.05, 4.69) is 50.0 Å². The number of halogens is 1. The number of hydrogen-bond donors (Lipinski definition) is 1. The Morgan fingerprint density at radius 3 is 2.50 bits per heavy atom. The highest BCUT2D eigenvalue weighted by molar-refractivity contribution is 5.78. The second kappa shape index (κ2) is 8.37. The Balaban J connectivity index is 1.34. The zero-order valence-corrected chi connectivity index (χ0v) is 18.1. The average molecular weight is 406 g/mol. The lowest BCUT2D eigenvalue weighted by atomic mass is 9.95. The number of benzene rings is 2. The van der Waals surface area contributed by atoms with Crippen molar-refractivity contribution in [2.75, 3.05) is 0 Å². The van der Waals surface area contributed by atoms with Crippen molar-refractivity contribution in [2.45, 2.75) is 70.3 Å². The van der Waals surface area contributed by atoms with E-state index < -0.39 is 0 Å². The molecular weight excluding hydrogens is 373 g/mol. The van der Waals surface area contributed by atoms with Crippen LogP contribution in [-0.4, -0.2) is 5.91 Å². The van der Waals surface area contributed by atoms with Crippen molar-refractivity contribution in [3.63, 3.8) is 0 Å². The molecule has 1 N–H and O–H groups in total. The Hall–Kier alpha value is -2.42. The lowest BCUT2D eigenvalue weighted by molar-refractivity contribution is -0.122. The Kier molecular flexibility index (Phi) is 5.81. The number of carbonyl (C=O) groups excluding carboxylic acids is 1. The fourth-order valence-corrected chi connectivity index (χ4v) is 4.38. The van der Waals surface area contributed by atoms with Crippen LogP contribution in [0.3, 0.4) is 0 Å². The van der Waals surface area contributed by atoms with Gasteiger partial charge in [0, 0.05) is 6.42 Å². The molecule has 0 bridgehead atoms. The molecular formula is C27H32FNO. The zero-order chi connectivity index (χ0) is 21.3. The van der Waals surface area contributed by atoms with E-state index in [9.17, 15) is 9.18 Å². The van der Waals surface area contributed by atoms with Gasteiger partial charge in [-0.05, 0) is 84.3 Å². The van der Waals surface area contributed by atoms with Crippen LogP contribution in [0.4, 0.5) is 4.39 Å². The maximum absolute atomic E-state index is 14.0. The number of amides is 1. The van der Waals surface area contributed by atoms with Crippen LogP contribution in [0.15, 0.2) is 49.0 Å². The van der Waals surface area contributed by atoms with Gasteiger partial charge in [-0.2, -0.15) is 0 Å². The minimum Gasteiger partial charge on any atom is -0.347 e. The largest absolute Gasteiger partial charge is 0.347 e. The highest BCUT2D eigenvalue weighted by Gasteiger charge is 2.45. The van der Waals surface area contributed by atoms with E-state index in [0.717, 1.165) is 55.2 Å². The van der Waals surface area contributed by atoms with Gasteiger partial charge in [0.05, 0.1) is 5.54 Å². The molecule has 1 amide bonds. The van der Waals surface area contributed by atoms with Gasteiger partial charge in [0.25, 0.3) is 0 Å². The summed E-state index contributed by atoms with van der Waals surface area (Å²) in [6.45, 7) is 8.31. The van der Waals surface area contributed by atoms with Crippen LogP contribution in [0.2, 0.25) is 0 Å². The number of rotatable bonds is 9. The van der Waals surface area contributed by atoms with Gasteiger partial charge in [-0.25, -0.2) is 4.39 Å². The molecule has 30 heavy (non-hydrogen) atoms. The predicted octanol–water partition coefficient (Wildman–Crippen LogP) is 6.50. The van der Waals surface area contributed by atoms with Crippen molar-refractivity contribution in [1.82, 2.24) is 5.32 Å². The molecule has 0 spiro atoms. The van der Waals surface area contributed by atoms with Crippen LogP contribution in [-0.2, 0) is 16.8 Å².